The Kier molecular flexibility index (Phi) is 7.31. The number of hydrogen-bond donors (Lipinski definition) is 0. The number of ether oxygens (including phenoxy) is 1. The molecule has 1 aliphatic heterocycles. The Balaban J connectivity index is 1.60. The number of sulfonamides is 1. The first kappa shape index (κ1) is 24.6. The minimum atomic E-state index is -4.01. The van der Waals surface area contributed by atoms with E-state index in [1.54, 1.807) is 41.3 Å². The molecule has 0 bridgehead atoms. The molecule has 0 unspecified atom stereocenters. The summed E-state index contributed by atoms with van der Waals surface area (Å²) in [5.74, 6) is 0.157. The van der Waals surface area contributed by atoms with Gasteiger partial charge in [0.15, 0.2) is 0 Å². The van der Waals surface area contributed by atoms with Crippen LogP contribution in [0.5, 0.6) is 5.75 Å². The summed E-state index contributed by atoms with van der Waals surface area (Å²) in [5.41, 5.74) is 3.29. The van der Waals surface area contributed by atoms with Crippen molar-refractivity contribution in [3.05, 3.63) is 83.9 Å². The predicted octanol–water partition coefficient (Wildman–Crippen LogP) is 3.86. The Morgan fingerprint density at radius 3 is 2.14 bits per heavy atom. The topological polar surface area (TPSA) is 70.2 Å². The summed E-state index contributed by atoms with van der Waals surface area (Å²) < 4.78 is 34.2. The predicted molar refractivity (Wildman–Crippen MR) is 139 cm³/mol. The normalized spacial score (nSPS) is 14.0. The summed E-state index contributed by atoms with van der Waals surface area (Å²) in [5, 5.41) is 0. The molecule has 1 fully saturated rings. The van der Waals surface area contributed by atoms with Crippen LogP contribution in [0.1, 0.15) is 11.1 Å². The number of amides is 1. The number of nitrogens with zero attached hydrogens (tertiary/aromatic N) is 3. The molecule has 0 spiro atoms. The molecule has 0 saturated carbocycles. The minimum absolute atomic E-state index is 0.133. The van der Waals surface area contributed by atoms with Crippen LogP contribution in [0, 0.1) is 13.8 Å². The Hall–Kier alpha value is -3.52. The summed E-state index contributed by atoms with van der Waals surface area (Å²) in [6.45, 7) is 5.90. The molecule has 7 nitrogen and oxygen atoms in total. The van der Waals surface area contributed by atoms with Gasteiger partial charge in [-0.2, -0.15) is 0 Å². The van der Waals surface area contributed by atoms with Crippen LogP contribution in [0.25, 0.3) is 0 Å². The van der Waals surface area contributed by atoms with Crippen LogP contribution in [-0.2, 0) is 14.8 Å². The van der Waals surface area contributed by atoms with E-state index in [0.29, 0.717) is 37.6 Å². The first-order valence-corrected chi connectivity index (χ1v) is 13.1. The third kappa shape index (κ3) is 5.43. The molecular formula is C27H31N3O4S. The summed E-state index contributed by atoms with van der Waals surface area (Å²) >= 11 is 0. The molecule has 0 N–H and O–H groups in total. The first-order chi connectivity index (χ1) is 16.8. The number of para-hydroxylation sites is 1. The molecule has 4 rings (SSSR count). The fraction of sp³-hybridized carbons (Fsp3) is 0.296. The standard InChI is InChI=1S/C27H31N3O4S/c1-21-9-12-24(13-10-21)35(32,33)30(25-19-22(2)11-14-26(25)34-3)20-27(31)29-17-15-28(16-18-29)23-7-5-4-6-8-23/h4-14,19H,15-18,20H2,1-3H3. The van der Waals surface area contributed by atoms with E-state index in [9.17, 15) is 13.2 Å². The summed E-state index contributed by atoms with van der Waals surface area (Å²) in [7, 11) is -2.52. The second-order valence-corrected chi connectivity index (χ2v) is 10.6. The van der Waals surface area contributed by atoms with Gasteiger partial charge in [0.1, 0.15) is 12.3 Å². The SMILES string of the molecule is COc1ccc(C)cc1N(CC(=O)N1CCN(c2ccccc2)CC1)S(=O)(=O)c1ccc(C)cc1. The molecule has 1 aliphatic rings. The Morgan fingerprint density at radius 1 is 0.886 bits per heavy atom. The van der Waals surface area contributed by atoms with Crippen molar-refractivity contribution in [3.8, 4) is 5.75 Å². The largest absolute Gasteiger partial charge is 0.495 e. The van der Waals surface area contributed by atoms with Crippen LogP contribution < -0.4 is 13.9 Å². The molecule has 8 heteroatoms. The van der Waals surface area contributed by atoms with Crippen molar-refractivity contribution in [2.45, 2.75) is 18.7 Å². The zero-order chi connectivity index (χ0) is 25.0. The fourth-order valence-electron chi connectivity index (χ4n) is 4.21. The molecule has 0 aromatic heterocycles. The number of carbonyl (C=O) groups excluding carboxylic acids is 1. The van der Waals surface area contributed by atoms with Crippen molar-refractivity contribution in [2.24, 2.45) is 0 Å². The van der Waals surface area contributed by atoms with Crippen molar-refractivity contribution in [1.29, 1.82) is 0 Å². The van der Waals surface area contributed by atoms with Gasteiger partial charge in [-0.25, -0.2) is 8.42 Å². The number of methoxy groups -OCH3 is 1. The van der Waals surface area contributed by atoms with Gasteiger partial charge < -0.3 is 14.5 Å². The van der Waals surface area contributed by atoms with Gasteiger partial charge in [0.05, 0.1) is 17.7 Å². The van der Waals surface area contributed by atoms with E-state index in [4.69, 9.17) is 4.74 Å². The molecule has 35 heavy (non-hydrogen) atoms. The highest BCUT2D eigenvalue weighted by Crippen LogP contribution is 2.33. The van der Waals surface area contributed by atoms with Crippen LogP contribution in [0.2, 0.25) is 0 Å². The Bertz CT molecular complexity index is 1270. The zero-order valence-electron chi connectivity index (χ0n) is 20.3. The molecule has 0 aliphatic carbocycles. The number of piperazine rings is 1. The van der Waals surface area contributed by atoms with Crippen LogP contribution in [-0.4, -0.2) is 59.1 Å². The molecular weight excluding hydrogens is 462 g/mol. The number of benzene rings is 3. The molecule has 3 aromatic rings. The number of rotatable bonds is 7. The summed E-state index contributed by atoms with van der Waals surface area (Å²) in [4.78, 5) is 17.5. The van der Waals surface area contributed by atoms with Crippen molar-refractivity contribution >= 4 is 27.3 Å². The lowest BCUT2D eigenvalue weighted by molar-refractivity contribution is -0.129. The number of anilines is 2. The van der Waals surface area contributed by atoms with Gasteiger partial charge in [0, 0.05) is 31.9 Å². The van der Waals surface area contributed by atoms with E-state index in [-0.39, 0.29) is 17.3 Å². The number of aryl methyl sites for hydroxylation is 2. The maximum atomic E-state index is 13.8. The second-order valence-electron chi connectivity index (χ2n) is 8.70. The van der Waals surface area contributed by atoms with E-state index in [1.807, 2.05) is 38.1 Å². The van der Waals surface area contributed by atoms with Crippen molar-refractivity contribution in [2.75, 3.05) is 49.0 Å². The quantitative estimate of drug-likeness (QED) is 0.500. The van der Waals surface area contributed by atoms with E-state index >= 15 is 0 Å². The van der Waals surface area contributed by atoms with Crippen LogP contribution in [0.3, 0.4) is 0 Å². The highest BCUT2D eigenvalue weighted by Gasteiger charge is 2.32. The Labute approximate surface area is 207 Å². The molecule has 1 saturated heterocycles. The molecule has 3 aromatic carbocycles. The highest BCUT2D eigenvalue weighted by atomic mass is 32.2. The number of carbonyl (C=O) groups is 1. The van der Waals surface area contributed by atoms with Gasteiger partial charge in [0.25, 0.3) is 10.0 Å². The van der Waals surface area contributed by atoms with Crippen LogP contribution in [0.15, 0.2) is 77.7 Å². The third-order valence-electron chi connectivity index (χ3n) is 6.24. The van der Waals surface area contributed by atoms with E-state index < -0.39 is 10.0 Å². The average molecular weight is 494 g/mol. The smallest absolute Gasteiger partial charge is 0.264 e. The van der Waals surface area contributed by atoms with E-state index in [1.165, 1.54) is 11.4 Å². The number of hydrogen-bond acceptors (Lipinski definition) is 5. The van der Waals surface area contributed by atoms with Crippen molar-refractivity contribution in [1.82, 2.24) is 4.90 Å². The highest BCUT2D eigenvalue weighted by molar-refractivity contribution is 7.92. The van der Waals surface area contributed by atoms with Gasteiger partial charge >= 0.3 is 0 Å². The molecule has 0 radical (unpaired) electrons. The maximum Gasteiger partial charge on any atom is 0.264 e. The zero-order valence-corrected chi connectivity index (χ0v) is 21.2. The maximum absolute atomic E-state index is 13.8. The van der Waals surface area contributed by atoms with E-state index in [0.717, 1.165) is 16.8 Å². The van der Waals surface area contributed by atoms with Gasteiger partial charge in [-0.3, -0.25) is 9.10 Å². The lowest BCUT2D eigenvalue weighted by Gasteiger charge is -2.37. The molecule has 1 heterocycles. The van der Waals surface area contributed by atoms with Crippen LogP contribution in [0.4, 0.5) is 11.4 Å². The summed E-state index contributed by atoms with van der Waals surface area (Å²) in [6.07, 6.45) is 0. The van der Waals surface area contributed by atoms with Gasteiger partial charge in [-0.05, 0) is 55.8 Å². The van der Waals surface area contributed by atoms with E-state index in [2.05, 4.69) is 17.0 Å². The fourth-order valence-corrected chi connectivity index (χ4v) is 5.62. The third-order valence-corrected chi connectivity index (χ3v) is 8.02. The lowest BCUT2D eigenvalue weighted by Crippen LogP contribution is -2.52. The lowest BCUT2D eigenvalue weighted by atomic mass is 10.2. The first-order valence-electron chi connectivity index (χ1n) is 11.6. The van der Waals surface area contributed by atoms with Crippen molar-refractivity contribution in [3.63, 3.8) is 0 Å². The van der Waals surface area contributed by atoms with Crippen LogP contribution >= 0.6 is 0 Å². The molecule has 184 valence electrons. The summed E-state index contributed by atoms with van der Waals surface area (Å²) in [6, 6.07) is 22.0. The van der Waals surface area contributed by atoms with Gasteiger partial charge in [0.2, 0.25) is 5.91 Å². The minimum Gasteiger partial charge on any atom is -0.495 e. The molecule has 0 atom stereocenters. The van der Waals surface area contributed by atoms with Gasteiger partial charge in [-0.1, -0.05) is 42.0 Å². The van der Waals surface area contributed by atoms with Crippen molar-refractivity contribution < 1.29 is 17.9 Å². The second kappa shape index (κ2) is 10.4. The average Bonchev–Trinajstić information content (AvgIpc) is 2.88. The monoisotopic (exact) mass is 493 g/mol. The van der Waals surface area contributed by atoms with Gasteiger partial charge in [-0.15, -0.1) is 0 Å². The Morgan fingerprint density at radius 2 is 1.51 bits per heavy atom. The molecule has 1 amide bonds.